The summed E-state index contributed by atoms with van der Waals surface area (Å²) in [7, 11) is 0. The molecule has 0 radical (unpaired) electrons. The molecule has 1 aliphatic heterocycles. The molecular formula is C22H30ClF3N4O2. The number of hydrogen-bond donors (Lipinski definition) is 2. The zero-order chi connectivity index (χ0) is 23.3. The minimum atomic E-state index is -4.59. The van der Waals surface area contributed by atoms with Gasteiger partial charge in [-0.3, -0.25) is 19.4 Å². The number of rotatable bonds is 6. The Balaban J connectivity index is 1.41. The number of nitrogens with one attached hydrogen (secondary N) is 2. The lowest BCUT2D eigenvalue weighted by atomic mass is 9.86. The normalized spacial score (nSPS) is 23.0. The van der Waals surface area contributed by atoms with Crippen LogP contribution in [-0.4, -0.2) is 66.9 Å². The maximum atomic E-state index is 13.0. The molecule has 2 aliphatic rings. The molecule has 0 unspecified atom stereocenters. The van der Waals surface area contributed by atoms with Gasteiger partial charge in [-0.05, 0) is 37.0 Å². The Hall–Kier alpha value is -1.84. The molecule has 10 heteroatoms. The number of alkyl halides is 3. The van der Waals surface area contributed by atoms with Crippen LogP contribution in [0.5, 0.6) is 0 Å². The molecular weight excluding hydrogens is 445 g/mol. The number of anilines is 1. The van der Waals surface area contributed by atoms with Gasteiger partial charge in [0.05, 0.1) is 23.7 Å². The minimum Gasteiger partial charge on any atom is -0.352 e. The predicted octanol–water partition coefficient (Wildman–Crippen LogP) is 3.61. The summed E-state index contributed by atoms with van der Waals surface area (Å²) in [5.41, 5.74) is -0.926. The molecule has 178 valence electrons. The number of benzene rings is 1. The molecule has 1 aromatic rings. The van der Waals surface area contributed by atoms with E-state index in [4.69, 9.17) is 11.6 Å². The lowest BCUT2D eigenvalue weighted by molar-refractivity contribution is -0.137. The second kappa shape index (κ2) is 10.9. The van der Waals surface area contributed by atoms with Crippen LogP contribution in [0.15, 0.2) is 18.2 Å². The van der Waals surface area contributed by atoms with E-state index in [-0.39, 0.29) is 24.2 Å². The maximum Gasteiger partial charge on any atom is 0.417 e. The number of hydrogen-bond acceptors (Lipinski definition) is 4. The van der Waals surface area contributed by atoms with Gasteiger partial charge < -0.3 is 10.6 Å². The van der Waals surface area contributed by atoms with Crippen LogP contribution in [0.1, 0.15) is 38.2 Å². The van der Waals surface area contributed by atoms with E-state index in [9.17, 15) is 22.8 Å². The van der Waals surface area contributed by atoms with Gasteiger partial charge in [0.1, 0.15) is 0 Å². The van der Waals surface area contributed by atoms with E-state index in [1.807, 2.05) is 4.90 Å². The summed E-state index contributed by atoms with van der Waals surface area (Å²) in [6, 6.07) is 3.56. The highest BCUT2D eigenvalue weighted by molar-refractivity contribution is 6.31. The molecule has 0 spiro atoms. The lowest BCUT2D eigenvalue weighted by Gasteiger charge is -2.35. The third-order valence-corrected chi connectivity index (χ3v) is 6.54. The van der Waals surface area contributed by atoms with Crippen LogP contribution in [0.4, 0.5) is 18.9 Å². The molecule has 0 aromatic heterocycles. The first-order valence-electron chi connectivity index (χ1n) is 11.0. The van der Waals surface area contributed by atoms with E-state index in [0.29, 0.717) is 38.6 Å². The average molecular weight is 475 g/mol. The SMILES string of the molecule is C[C@@H]1CCCC[C@H]1NC(=O)CN1CCN(CC(=O)Nc2ccc(Cl)c(C(F)(F)F)c2)CC1. The van der Waals surface area contributed by atoms with E-state index >= 15 is 0 Å². The summed E-state index contributed by atoms with van der Waals surface area (Å²) in [5, 5.41) is 5.25. The molecule has 2 amide bonds. The van der Waals surface area contributed by atoms with Crippen molar-refractivity contribution in [2.45, 2.75) is 44.8 Å². The van der Waals surface area contributed by atoms with Crippen molar-refractivity contribution in [3.05, 3.63) is 28.8 Å². The van der Waals surface area contributed by atoms with E-state index in [1.165, 1.54) is 12.5 Å². The van der Waals surface area contributed by atoms with Crippen LogP contribution in [0.3, 0.4) is 0 Å². The van der Waals surface area contributed by atoms with E-state index < -0.39 is 22.7 Å². The molecule has 1 heterocycles. The Labute approximate surface area is 191 Å². The Morgan fingerprint density at radius 1 is 1.03 bits per heavy atom. The average Bonchev–Trinajstić information content (AvgIpc) is 2.72. The number of piperazine rings is 1. The number of carbonyl (C=O) groups excluding carboxylic acids is 2. The van der Waals surface area contributed by atoms with Crippen molar-refractivity contribution in [3.63, 3.8) is 0 Å². The van der Waals surface area contributed by atoms with Crippen LogP contribution < -0.4 is 10.6 Å². The van der Waals surface area contributed by atoms with Gasteiger partial charge in [-0.2, -0.15) is 13.2 Å². The molecule has 6 nitrogen and oxygen atoms in total. The molecule has 1 saturated carbocycles. The van der Waals surface area contributed by atoms with Gasteiger partial charge in [-0.25, -0.2) is 0 Å². The molecule has 1 aliphatic carbocycles. The molecule has 1 aromatic carbocycles. The van der Waals surface area contributed by atoms with Gasteiger partial charge in [0.2, 0.25) is 11.8 Å². The van der Waals surface area contributed by atoms with Crippen molar-refractivity contribution in [2.24, 2.45) is 5.92 Å². The van der Waals surface area contributed by atoms with Crippen molar-refractivity contribution < 1.29 is 22.8 Å². The molecule has 32 heavy (non-hydrogen) atoms. The van der Waals surface area contributed by atoms with Crippen LogP contribution in [0.2, 0.25) is 5.02 Å². The highest BCUT2D eigenvalue weighted by atomic mass is 35.5. The van der Waals surface area contributed by atoms with E-state index in [2.05, 4.69) is 22.5 Å². The summed E-state index contributed by atoms with van der Waals surface area (Å²) in [6.07, 6.45) is -0.0171. The van der Waals surface area contributed by atoms with Gasteiger partial charge >= 0.3 is 6.18 Å². The van der Waals surface area contributed by atoms with Gasteiger partial charge in [-0.1, -0.05) is 31.4 Å². The van der Waals surface area contributed by atoms with Crippen molar-refractivity contribution in [3.8, 4) is 0 Å². The highest BCUT2D eigenvalue weighted by Gasteiger charge is 2.33. The lowest BCUT2D eigenvalue weighted by Crippen LogP contribution is -2.52. The zero-order valence-corrected chi connectivity index (χ0v) is 18.9. The van der Waals surface area contributed by atoms with Crippen LogP contribution in [-0.2, 0) is 15.8 Å². The van der Waals surface area contributed by atoms with Crippen molar-refractivity contribution in [1.29, 1.82) is 0 Å². The monoisotopic (exact) mass is 474 g/mol. The van der Waals surface area contributed by atoms with Gasteiger partial charge in [0, 0.05) is 37.9 Å². The van der Waals surface area contributed by atoms with Crippen LogP contribution in [0.25, 0.3) is 0 Å². The second-order valence-corrected chi connectivity index (χ2v) is 9.14. The van der Waals surface area contributed by atoms with E-state index in [0.717, 1.165) is 31.4 Å². The topological polar surface area (TPSA) is 64.7 Å². The first-order chi connectivity index (χ1) is 15.1. The largest absolute Gasteiger partial charge is 0.417 e. The summed E-state index contributed by atoms with van der Waals surface area (Å²) in [6.45, 7) is 5.11. The van der Waals surface area contributed by atoms with E-state index in [1.54, 1.807) is 0 Å². The summed E-state index contributed by atoms with van der Waals surface area (Å²) < 4.78 is 38.9. The smallest absolute Gasteiger partial charge is 0.352 e. The van der Waals surface area contributed by atoms with Crippen molar-refractivity contribution in [1.82, 2.24) is 15.1 Å². The minimum absolute atomic E-state index is 0.0400. The Kier molecular flexibility index (Phi) is 8.41. The third-order valence-electron chi connectivity index (χ3n) is 6.21. The Bertz CT molecular complexity index is 813. The molecule has 0 bridgehead atoms. The fourth-order valence-electron chi connectivity index (χ4n) is 4.32. The maximum absolute atomic E-state index is 13.0. The molecule has 2 atom stereocenters. The first-order valence-corrected chi connectivity index (χ1v) is 11.4. The van der Waals surface area contributed by atoms with Crippen molar-refractivity contribution in [2.75, 3.05) is 44.6 Å². The van der Waals surface area contributed by atoms with Gasteiger partial charge in [0.25, 0.3) is 0 Å². The van der Waals surface area contributed by atoms with Crippen molar-refractivity contribution >= 4 is 29.1 Å². The number of nitrogens with zero attached hydrogens (tertiary/aromatic N) is 2. The second-order valence-electron chi connectivity index (χ2n) is 8.73. The molecule has 2 fully saturated rings. The number of halogens is 4. The molecule has 3 rings (SSSR count). The number of carbonyl (C=O) groups is 2. The van der Waals surface area contributed by atoms with Crippen LogP contribution >= 0.6 is 11.6 Å². The fourth-order valence-corrected chi connectivity index (χ4v) is 4.54. The Morgan fingerprint density at radius 2 is 1.62 bits per heavy atom. The first kappa shape index (κ1) is 24.8. The summed E-state index contributed by atoms with van der Waals surface area (Å²) in [4.78, 5) is 28.7. The fraction of sp³-hybridized carbons (Fsp3) is 0.636. The van der Waals surface area contributed by atoms with Gasteiger partial charge in [-0.15, -0.1) is 0 Å². The molecule has 2 N–H and O–H groups in total. The predicted molar refractivity (Wildman–Crippen MR) is 118 cm³/mol. The quantitative estimate of drug-likeness (QED) is 0.661. The Morgan fingerprint density at radius 3 is 2.22 bits per heavy atom. The summed E-state index contributed by atoms with van der Waals surface area (Å²) in [5.74, 6) is 0.159. The van der Waals surface area contributed by atoms with Crippen LogP contribution in [0, 0.1) is 5.92 Å². The van der Waals surface area contributed by atoms with Gasteiger partial charge in [0.15, 0.2) is 0 Å². The molecule has 1 saturated heterocycles. The standard InChI is InChI=1S/C22H30ClF3N4O2/c1-15-4-2-3-5-19(15)28-21(32)14-30-10-8-29(9-11-30)13-20(31)27-16-6-7-18(23)17(12-16)22(24,25)26/h6-7,12,15,19H,2-5,8-11,13-14H2,1H3,(H,27,31)(H,28,32)/t15-,19-/m1/s1. The third kappa shape index (κ3) is 7.08. The number of amides is 2. The highest BCUT2D eigenvalue weighted by Crippen LogP contribution is 2.36. The summed E-state index contributed by atoms with van der Waals surface area (Å²) >= 11 is 5.61. The zero-order valence-electron chi connectivity index (χ0n) is 18.2.